The summed E-state index contributed by atoms with van der Waals surface area (Å²) in [6, 6.07) is 3.92. The summed E-state index contributed by atoms with van der Waals surface area (Å²) in [5.74, 6) is 1.57. The summed E-state index contributed by atoms with van der Waals surface area (Å²) in [6.45, 7) is 7.34. The van der Waals surface area contributed by atoms with Crippen LogP contribution in [0.15, 0.2) is 17.1 Å². The summed E-state index contributed by atoms with van der Waals surface area (Å²) in [4.78, 5) is 11.0. The van der Waals surface area contributed by atoms with E-state index in [1.165, 1.54) is 12.8 Å². The maximum absolute atomic E-state index is 6.01. The minimum absolute atomic E-state index is 0.327. The Kier molecular flexibility index (Phi) is 5.59. The lowest BCUT2D eigenvalue weighted by atomic mass is 9.89. The fourth-order valence-corrected chi connectivity index (χ4v) is 2.49. The number of aliphatic imine (C=N–C) groups is 1. The second-order valence-corrected chi connectivity index (χ2v) is 6.07. The molecular weight excluding hydrogens is 262 g/mol. The molecule has 1 aliphatic rings. The summed E-state index contributed by atoms with van der Waals surface area (Å²) in [5, 5.41) is 0. The van der Waals surface area contributed by atoms with Gasteiger partial charge in [-0.3, -0.25) is 0 Å². The van der Waals surface area contributed by atoms with Crippen LogP contribution in [0.4, 0.5) is 5.69 Å². The average molecular weight is 289 g/mol. The van der Waals surface area contributed by atoms with E-state index in [2.05, 4.69) is 23.8 Å². The first-order chi connectivity index (χ1) is 10.1. The normalized spacial score (nSPS) is 22.5. The maximum Gasteiger partial charge on any atom is 0.213 e. The van der Waals surface area contributed by atoms with Gasteiger partial charge in [0.15, 0.2) is 0 Å². The van der Waals surface area contributed by atoms with Crippen LogP contribution in [-0.2, 0) is 0 Å². The molecule has 1 aromatic heterocycles. The number of pyridine rings is 1. The van der Waals surface area contributed by atoms with Crippen molar-refractivity contribution in [3.63, 3.8) is 0 Å². The highest BCUT2D eigenvalue weighted by Crippen LogP contribution is 2.27. The Morgan fingerprint density at radius 2 is 2.05 bits per heavy atom. The highest BCUT2D eigenvalue weighted by Gasteiger charge is 2.20. The Bertz CT molecular complexity index is 479. The van der Waals surface area contributed by atoms with E-state index < -0.39 is 0 Å². The van der Waals surface area contributed by atoms with Crippen molar-refractivity contribution in [2.45, 2.75) is 52.6 Å². The zero-order valence-corrected chi connectivity index (χ0v) is 13.7. The molecule has 0 saturated heterocycles. The summed E-state index contributed by atoms with van der Waals surface area (Å²) in [7, 11) is 2.01. The molecule has 0 aromatic carbocycles. The van der Waals surface area contributed by atoms with Gasteiger partial charge in [0.1, 0.15) is 6.10 Å². The number of ether oxygens (including phenoxy) is 1. The summed E-state index contributed by atoms with van der Waals surface area (Å²) < 4.78 is 6.01. The van der Waals surface area contributed by atoms with Gasteiger partial charge in [0, 0.05) is 19.7 Å². The Labute approximate surface area is 128 Å². The van der Waals surface area contributed by atoms with Gasteiger partial charge in [-0.15, -0.1) is 0 Å². The molecule has 0 bridgehead atoms. The second-order valence-electron chi connectivity index (χ2n) is 6.07. The number of aryl methyl sites for hydroxylation is 1. The van der Waals surface area contributed by atoms with E-state index in [1.54, 1.807) is 0 Å². The van der Waals surface area contributed by atoms with Gasteiger partial charge in [-0.05, 0) is 51.5 Å². The molecule has 0 atom stereocenters. The standard InChI is InChI=1S/C17H27N3O/c1-5-20(4)12-18-16-10-11-17(19-14(16)3)21-15-8-6-13(2)7-9-15/h10-13,15H,5-9H2,1-4H3. The molecule has 116 valence electrons. The second kappa shape index (κ2) is 7.43. The number of rotatable bonds is 5. The molecule has 1 fully saturated rings. The van der Waals surface area contributed by atoms with E-state index in [0.717, 1.165) is 42.6 Å². The monoisotopic (exact) mass is 289 g/mol. The fraction of sp³-hybridized carbons (Fsp3) is 0.647. The van der Waals surface area contributed by atoms with Gasteiger partial charge in [-0.1, -0.05) is 6.92 Å². The lowest BCUT2D eigenvalue weighted by Crippen LogP contribution is -2.23. The molecule has 1 heterocycles. The zero-order chi connectivity index (χ0) is 15.2. The molecule has 0 spiro atoms. The predicted molar refractivity (Wildman–Crippen MR) is 87.5 cm³/mol. The van der Waals surface area contributed by atoms with Gasteiger partial charge < -0.3 is 9.64 Å². The van der Waals surface area contributed by atoms with Crippen LogP contribution in [0, 0.1) is 12.8 Å². The van der Waals surface area contributed by atoms with Crippen molar-refractivity contribution < 1.29 is 4.74 Å². The summed E-state index contributed by atoms with van der Waals surface area (Å²) in [5.41, 5.74) is 1.82. The van der Waals surface area contributed by atoms with E-state index in [0.29, 0.717) is 6.10 Å². The highest BCUT2D eigenvalue weighted by atomic mass is 16.5. The maximum atomic E-state index is 6.01. The first-order valence-electron chi connectivity index (χ1n) is 7.97. The van der Waals surface area contributed by atoms with E-state index in [-0.39, 0.29) is 0 Å². The molecule has 1 aliphatic carbocycles. The van der Waals surface area contributed by atoms with Crippen molar-refractivity contribution in [2.24, 2.45) is 10.9 Å². The van der Waals surface area contributed by atoms with Crippen molar-refractivity contribution >= 4 is 12.0 Å². The molecule has 4 heteroatoms. The quantitative estimate of drug-likeness (QED) is 0.608. The fourth-order valence-electron chi connectivity index (χ4n) is 2.49. The summed E-state index contributed by atoms with van der Waals surface area (Å²) >= 11 is 0. The number of aromatic nitrogens is 1. The molecule has 4 nitrogen and oxygen atoms in total. The van der Waals surface area contributed by atoms with E-state index in [4.69, 9.17) is 4.74 Å². The predicted octanol–water partition coefficient (Wildman–Crippen LogP) is 3.96. The lowest BCUT2D eigenvalue weighted by molar-refractivity contribution is 0.130. The molecule has 1 aromatic rings. The smallest absolute Gasteiger partial charge is 0.213 e. The van der Waals surface area contributed by atoms with Gasteiger partial charge in [0.25, 0.3) is 0 Å². The van der Waals surface area contributed by atoms with Crippen LogP contribution in [0.5, 0.6) is 5.88 Å². The van der Waals surface area contributed by atoms with Crippen LogP contribution in [-0.4, -0.2) is 35.9 Å². The Hall–Kier alpha value is -1.58. The Morgan fingerprint density at radius 1 is 1.33 bits per heavy atom. The van der Waals surface area contributed by atoms with E-state index >= 15 is 0 Å². The Balaban J connectivity index is 1.97. The van der Waals surface area contributed by atoms with Gasteiger partial charge in [0.2, 0.25) is 5.88 Å². The van der Waals surface area contributed by atoms with Crippen molar-refractivity contribution in [3.05, 3.63) is 17.8 Å². The van der Waals surface area contributed by atoms with Crippen molar-refractivity contribution in [3.8, 4) is 5.88 Å². The molecule has 2 rings (SSSR count). The van der Waals surface area contributed by atoms with Crippen LogP contribution in [0.1, 0.15) is 45.2 Å². The largest absolute Gasteiger partial charge is 0.474 e. The number of hydrogen-bond donors (Lipinski definition) is 0. The van der Waals surface area contributed by atoms with Crippen LogP contribution in [0.3, 0.4) is 0 Å². The van der Waals surface area contributed by atoms with Crippen molar-refractivity contribution in [1.29, 1.82) is 0 Å². The zero-order valence-electron chi connectivity index (χ0n) is 13.7. The van der Waals surface area contributed by atoms with Gasteiger partial charge >= 0.3 is 0 Å². The van der Waals surface area contributed by atoms with Gasteiger partial charge in [0.05, 0.1) is 17.7 Å². The molecule has 0 unspecified atom stereocenters. The molecule has 0 amide bonds. The molecular formula is C17H27N3O. The lowest BCUT2D eigenvalue weighted by Gasteiger charge is -2.26. The number of hydrogen-bond acceptors (Lipinski definition) is 3. The third-order valence-electron chi connectivity index (χ3n) is 4.18. The summed E-state index contributed by atoms with van der Waals surface area (Å²) in [6.07, 6.45) is 6.97. The molecule has 0 aliphatic heterocycles. The molecule has 0 radical (unpaired) electrons. The third-order valence-corrected chi connectivity index (χ3v) is 4.18. The minimum Gasteiger partial charge on any atom is -0.474 e. The minimum atomic E-state index is 0.327. The topological polar surface area (TPSA) is 37.7 Å². The van der Waals surface area contributed by atoms with Gasteiger partial charge in [-0.2, -0.15) is 0 Å². The molecule has 0 N–H and O–H groups in total. The Morgan fingerprint density at radius 3 is 2.67 bits per heavy atom. The van der Waals surface area contributed by atoms with E-state index in [1.807, 2.05) is 37.3 Å². The highest BCUT2D eigenvalue weighted by molar-refractivity contribution is 5.62. The SMILES string of the molecule is CCN(C)C=Nc1ccc(OC2CCC(C)CC2)nc1C. The average Bonchev–Trinajstić information content (AvgIpc) is 2.48. The van der Waals surface area contributed by atoms with Crippen molar-refractivity contribution in [1.82, 2.24) is 9.88 Å². The van der Waals surface area contributed by atoms with Gasteiger partial charge in [-0.25, -0.2) is 9.98 Å². The van der Waals surface area contributed by atoms with Crippen LogP contribution >= 0.6 is 0 Å². The third kappa shape index (κ3) is 4.73. The van der Waals surface area contributed by atoms with E-state index in [9.17, 15) is 0 Å². The van der Waals surface area contributed by atoms with Crippen molar-refractivity contribution in [2.75, 3.05) is 13.6 Å². The van der Waals surface area contributed by atoms with Crippen LogP contribution in [0.2, 0.25) is 0 Å². The van der Waals surface area contributed by atoms with Crippen LogP contribution in [0.25, 0.3) is 0 Å². The first kappa shape index (κ1) is 15.8. The number of nitrogens with zero attached hydrogens (tertiary/aromatic N) is 3. The molecule has 1 saturated carbocycles. The first-order valence-corrected chi connectivity index (χ1v) is 7.97. The van der Waals surface area contributed by atoms with Crippen LogP contribution < -0.4 is 4.74 Å². The molecule has 21 heavy (non-hydrogen) atoms.